The topological polar surface area (TPSA) is 48.5 Å². The number of nitrogens with one attached hydrogen (secondary N) is 1. The number of thiazole rings is 1. The Bertz CT molecular complexity index is 725. The molecule has 2 heterocycles. The van der Waals surface area contributed by atoms with Crippen molar-refractivity contribution in [3.8, 4) is 0 Å². The molecule has 0 radical (unpaired) electrons. The fourth-order valence-electron chi connectivity index (χ4n) is 2.78. The zero-order valence-electron chi connectivity index (χ0n) is 13.9. The van der Waals surface area contributed by atoms with Crippen molar-refractivity contribution >= 4 is 28.6 Å². The Morgan fingerprint density at radius 2 is 2.08 bits per heavy atom. The molecule has 1 saturated heterocycles. The molecular weight excluding hydrogens is 327 g/mol. The van der Waals surface area contributed by atoms with Crippen molar-refractivity contribution in [1.29, 1.82) is 0 Å². The molecule has 0 unspecified atom stereocenters. The van der Waals surface area contributed by atoms with Gasteiger partial charge in [-0.05, 0) is 32.2 Å². The van der Waals surface area contributed by atoms with Crippen LogP contribution < -0.4 is 10.2 Å². The lowest BCUT2D eigenvalue weighted by molar-refractivity contribution is -0.115. The molecular formula is C17H21FN4OS. The highest BCUT2D eigenvalue weighted by Gasteiger charge is 2.19. The van der Waals surface area contributed by atoms with Crippen LogP contribution in [0.2, 0.25) is 0 Å². The number of piperazine rings is 1. The van der Waals surface area contributed by atoms with Crippen LogP contribution in [0, 0.1) is 12.7 Å². The normalized spacial score (nSPS) is 15.5. The fraction of sp³-hybridized carbons (Fsp3) is 0.412. The van der Waals surface area contributed by atoms with E-state index in [0.29, 0.717) is 5.69 Å². The van der Waals surface area contributed by atoms with Gasteiger partial charge in [-0.1, -0.05) is 0 Å². The number of benzene rings is 1. The van der Waals surface area contributed by atoms with Gasteiger partial charge in [-0.15, -0.1) is 11.3 Å². The molecule has 0 spiro atoms. The molecule has 0 aliphatic carbocycles. The number of halogens is 1. The summed E-state index contributed by atoms with van der Waals surface area (Å²) in [5.41, 5.74) is 2.14. The third-order valence-corrected chi connectivity index (χ3v) is 4.91. The van der Waals surface area contributed by atoms with E-state index in [1.165, 1.54) is 23.5 Å². The summed E-state index contributed by atoms with van der Waals surface area (Å²) in [6.07, 6.45) is 0.197. The molecule has 0 saturated carbocycles. The first-order chi connectivity index (χ1) is 11.5. The van der Waals surface area contributed by atoms with E-state index >= 15 is 0 Å². The van der Waals surface area contributed by atoms with Gasteiger partial charge in [0, 0.05) is 31.6 Å². The van der Waals surface area contributed by atoms with Crippen LogP contribution in [0.5, 0.6) is 0 Å². The predicted octanol–water partition coefficient (Wildman–Crippen LogP) is 2.52. The maximum absolute atomic E-state index is 13.7. The molecule has 3 rings (SSSR count). The Hall–Kier alpha value is -1.99. The van der Waals surface area contributed by atoms with Gasteiger partial charge in [0.1, 0.15) is 5.82 Å². The van der Waals surface area contributed by atoms with Gasteiger partial charge in [-0.3, -0.25) is 4.79 Å². The number of hydrogen-bond donors (Lipinski definition) is 1. The van der Waals surface area contributed by atoms with Crippen molar-refractivity contribution in [2.45, 2.75) is 13.3 Å². The zero-order chi connectivity index (χ0) is 17.1. The number of amides is 1. The van der Waals surface area contributed by atoms with Crippen molar-refractivity contribution in [1.82, 2.24) is 9.88 Å². The number of aryl methyl sites for hydroxylation is 1. The molecule has 128 valence electrons. The van der Waals surface area contributed by atoms with Crippen LogP contribution in [-0.4, -0.2) is 49.0 Å². The Morgan fingerprint density at radius 3 is 2.75 bits per heavy atom. The van der Waals surface area contributed by atoms with Gasteiger partial charge in [-0.25, -0.2) is 9.37 Å². The van der Waals surface area contributed by atoms with E-state index in [2.05, 4.69) is 27.1 Å². The summed E-state index contributed by atoms with van der Waals surface area (Å²) in [6, 6.07) is 4.56. The summed E-state index contributed by atoms with van der Waals surface area (Å²) in [5, 5.41) is 5.66. The SMILES string of the molecule is Cc1nc(CC(=O)Nc2cc(F)ccc2N2CCN(C)CC2)cs1. The summed E-state index contributed by atoms with van der Waals surface area (Å²) in [6.45, 7) is 5.52. The molecule has 1 aliphatic heterocycles. The van der Waals surface area contributed by atoms with E-state index in [1.807, 2.05) is 12.3 Å². The number of anilines is 2. The second-order valence-electron chi connectivity index (χ2n) is 6.03. The van der Waals surface area contributed by atoms with Crippen molar-refractivity contribution in [2.24, 2.45) is 0 Å². The van der Waals surface area contributed by atoms with E-state index < -0.39 is 0 Å². The highest BCUT2D eigenvalue weighted by molar-refractivity contribution is 7.09. The molecule has 1 fully saturated rings. The highest BCUT2D eigenvalue weighted by atomic mass is 32.1. The molecule has 0 bridgehead atoms. The summed E-state index contributed by atoms with van der Waals surface area (Å²) >= 11 is 1.52. The fourth-order valence-corrected chi connectivity index (χ4v) is 3.39. The van der Waals surface area contributed by atoms with Gasteiger partial charge in [-0.2, -0.15) is 0 Å². The number of rotatable bonds is 4. The lowest BCUT2D eigenvalue weighted by atomic mass is 10.2. The Kier molecular flexibility index (Phi) is 5.11. The van der Waals surface area contributed by atoms with Crippen molar-refractivity contribution in [2.75, 3.05) is 43.4 Å². The maximum atomic E-state index is 13.7. The maximum Gasteiger partial charge on any atom is 0.230 e. The molecule has 0 atom stereocenters. The van der Waals surface area contributed by atoms with E-state index in [9.17, 15) is 9.18 Å². The molecule has 1 amide bonds. The van der Waals surface area contributed by atoms with E-state index in [1.54, 1.807) is 6.07 Å². The van der Waals surface area contributed by atoms with Crippen LogP contribution >= 0.6 is 11.3 Å². The first-order valence-corrected chi connectivity index (χ1v) is 8.83. The van der Waals surface area contributed by atoms with Crippen LogP contribution in [0.1, 0.15) is 10.7 Å². The molecule has 7 heteroatoms. The van der Waals surface area contributed by atoms with Gasteiger partial charge in [0.25, 0.3) is 0 Å². The Balaban J connectivity index is 1.74. The van der Waals surface area contributed by atoms with E-state index in [4.69, 9.17) is 0 Å². The minimum atomic E-state index is -0.354. The molecule has 24 heavy (non-hydrogen) atoms. The first kappa shape index (κ1) is 16.9. The van der Waals surface area contributed by atoms with Gasteiger partial charge >= 0.3 is 0 Å². The molecule has 5 nitrogen and oxygen atoms in total. The lowest BCUT2D eigenvalue weighted by Gasteiger charge is -2.35. The zero-order valence-corrected chi connectivity index (χ0v) is 14.7. The number of aromatic nitrogens is 1. The van der Waals surface area contributed by atoms with Crippen LogP contribution in [-0.2, 0) is 11.2 Å². The number of nitrogens with zero attached hydrogens (tertiary/aromatic N) is 3. The van der Waals surface area contributed by atoms with E-state index in [0.717, 1.165) is 42.6 Å². The largest absolute Gasteiger partial charge is 0.367 e. The van der Waals surface area contributed by atoms with Gasteiger partial charge in [0.05, 0.1) is 28.5 Å². The highest BCUT2D eigenvalue weighted by Crippen LogP contribution is 2.28. The van der Waals surface area contributed by atoms with E-state index in [-0.39, 0.29) is 18.1 Å². The Labute approximate surface area is 145 Å². The minimum Gasteiger partial charge on any atom is -0.367 e. The number of carbonyl (C=O) groups excluding carboxylic acids is 1. The summed E-state index contributed by atoms with van der Waals surface area (Å²) in [5.74, 6) is -0.533. The summed E-state index contributed by atoms with van der Waals surface area (Å²) in [7, 11) is 2.08. The van der Waals surface area contributed by atoms with Crippen molar-refractivity contribution in [3.63, 3.8) is 0 Å². The van der Waals surface area contributed by atoms with Crippen LogP contribution in [0.3, 0.4) is 0 Å². The monoisotopic (exact) mass is 348 g/mol. The Morgan fingerprint density at radius 1 is 1.33 bits per heavy atom. The molecule has 1 aliphatic rings. The second kappa shape index (κ2) is 7.27. The molecule has 1 aromatic carbocycles. The van der Waals surface area contributed by atoms with Crippen LogP contribution in [0.25, 0.3) is 0 Å². The average molecular weight is 348 g/mol. The molecule has 1 aromatic heterocycles. The first-order valence-electron chi connectivity index (χ1n) is 7.95. The number of carbonyl (C=O) groups is 1. The smallest absolute Gasteiger partial charge is 0.230 e. The third kappa shape index (κ3) is 4.10. The van der Waals surface area contributed by atoms with Gasteiger partial charge in [0.15, 0.2) is 0 Å². The average Bonchev–Trinajstić information content (AvgIpc) is 2.93. The van der Waals surface area contributed by atoms with Crippen molar-refractivity contribution < 1.29 is 9.18 Å². The molecule has 1 N–H and O–H groups in total. The summed E-state index contributed by atoms with van der Waals surface area (Å²) < 4.78 is 13.7. The second-order valence-corrected chi connectivity index (χ2v) is 7.10. The van der Waals surface area contributed by atoms with Gasteiger partial charge in [0.2, 0.25) is 5.91 Å². The predicted molar refractivity (Wildman–Crippen MR) is 95.3 cm³/mol. The van der Waals surface area contributed by atoms with Gasteiger partial charge < -0.3 is 15.1 Å². The third-order valence-electron chi connectivity index (χ3n) is 4.08. The minimum absolute atomic E-state index is 0.179. The van der Waals surface area contributed by atoms with Crippen LogP contribution in [0.4, 0.5) is 15.8 Å². The van der Waals surface area contributed by atoms with Crippen LogP contribution in [0.15, 0.2) is 23.6 Å². The van der Waals surface area contributed by atoms with Crippen molar-refractivity contribution in [3.05, 3.63) is 40.1 Å². The standard InChI is InChI=1S/C17H21FN4OS/c1-12-19-14(11-24-12)10-17(23)20-15-9-13(18)3-4-16(15)22-7-5-21(2)6-8-22/h3-4,9,11H,5-8,10H2,1-2H3,(H,20,23). The quantitative estimate of drug-likeness (QED) is 0.922. The number of hydrogen-bond acceptors (Lipinski definition) is 5. The molecule has 2 aromatic rings. The lowest BCUT2D eigenvalue weighted by Crippen LogP contribution is -2.44. The summed E-state index contributed by atoms with van der Waals surface area (Å²) in [4.78, 5) is 21.0. The number of likely N-dealkylation sites (N-methyl/N-ethyl adjacent to an activating group) is 1.